The molecule has 2 saturated carbocycles. The van der Waals surface area contributed by atoms with Gasteiger partial charge in [0.15, 0.2) is 0 Å². The maximum Gasteiger partial charge on any atom is 0.309 e. The second-order valence-corrected chi connectivity index (χ2v) is 8.53. The van der Waals surface area contributed by atoms with Gasteiger partial charge in [-0.15, -0.1) is 0 Å². The molecule has 0 heterocycles. The summed E-state index contributed by atoms with van der Waals surface area (Å²) in [5.41, 5.74) is 1.50. The molecule has 2 aliphatic carbocycles. The highest BCUT2D eigenvalue weighted by molar-refractivity contribution is 5.77. The lowest BCUT2D eigenvalue weighted by atomic mass is 9.75. The first-order valence-electron chi connectivity index (χ1n) is 10.0. The monoisotopic (exact) mass is 358 g/mol. The number of carbonyl (C=O) groups excluding carboxylic acids is 1. The van der Waals surface area contributed by atoms with E-state index in [0.717, 1.165) is 24.8 Å². The first-order chi connectivity index (χ1) is 12.4. The summed E-state index contributed by atoms with van der Waals surface area (Å²) in [5, 5.41) is 0. The molecular formula is C23H31FO2. The van der Waals surface area contributed by atoms with Crippen LogP contribution in [-0.2, 0) is 9.53 Å². The summed E-state index contributed by atoms with van der Waals surface area (Å²) in [6, 6.07) is 5.31. The molecule has 0 bridgehead atoms. The van der Waals surface area contributed by atoms with Gasteiger partial charge in [-0.2, -0.15) is 0 Å². The molecular weight excluding hydrogens is 327 g/mol. The maximum absolute atomic E-state index is 14.1. The Morgan fingerprint density at radius 3 is 2.69 bits per heavy atom. The van der Waals surface area contributed by atoms with Crippen molar-refractivity contribution in [2.24, 2.45) is 23.7 Å². The van der Waals surface area contributed by atoms with Crippen LogP contribution in [-0.4, -0.2) is 12.1 Å². The molecule has 2 fully saturated rings. The number of allylic oxidation sites excluding steroid dienone is 1. The van der Waals surface area contributed by atoms with Crippen molar-refractivity contribution in [3.8, 4) is 0 Å². The maximum atomic E-state index is 14.1. The number of halogens is 1. The van der Waals surface area contributed by atoms with Gasteiger partial charge in [0.2, 0.25) is 0 Å². The van der Waals surface area contributed by atoms with Crippen LogP contribution in [0.1, 0.15) is 70.4 Å². The van der Waals surface area contributed by atoms with E-state index in [2.05, 4.69) is 20.8 Å². The third-order valence-corrected chi connectivity index (χ3v) is 6.12. The average Bonchev–Trinajstić information content (AvgIpc) is 3.37. The van der Waals surface area contributed by atoms with Gasteiger partial charge in [-0.25, -0.2) is 4.39 Å². The predicted molar refractivity (Wildman–Crippen MR) is 103 cm³/mol. The van der Waals surface area contributed by atoms with E-state index in [1.807, 2.05) is 19.1 Å². The summed E-state index contributed by atoms with van der Waals surface area (Å²) < 4.78 is 20.1. The highest BCUT2D eigenvalue weighted by atomic mass is 19.1. The summed E-state index contributed by atoms with van der Waals surface area (Å²) in [6.07, 6.45) is 7.73. The Hall–Kier alpha value is -1.64. The van der Waals surface area contributed by atoms with Crippen LogP contribution < -0.4 is 0 Å². The molecule has 0 radical (unpaired) electrons. The van der Waals surface area contributed by atoms with Crippen molar-refractivity contribution in [1.82, 2.24) is 0 Å². The summed E-state index contributed by atoms with van der Waals surface area (Å²) >= 11 is 0. The van der Waals surface area contributed by atoms with Gasteiger partial charge >= 0.3 is 5.97 Å². The lowest BCUT2D eigenvalue weighted by Gasteiger charge is -2.36. The van der Waals surface area contributed by atoms with Gasteiger partial charge in [-0.3, -0.25) is 4.79 Å². The third kappa shape index (κ3) is 4.19. The zero-order chi connectivity index (χ0) is 18.8. The second-order valence-electron chi connectivity index (χ2n) is 8.53. The number of hydrogen-bond donors (Lipinski definition) is 0. The van der Waals surface area contributed by atoms with Crippen LogP contribution in [0.4, 0.5) is 4.39 Å². The molecule has 0 N–H and O–H groups in total. The molecule has 1 aromatic carbocycles. The summed E-state index contributed by atoms with van der Waals surface area (Å²) in [5.74, 6) is 1.31. The molecule has 0 saturated heterocycles. The fraction of sp³-hybridized carbons (Fsp3) is 0.609. The number of esters is 1. The van der Waals surface area contributed by atoms with Crippen LogP contribution in [0.25, 0.3) is 6.08 Å². The van der Waals surface area contributed by atoms with E-state index in [4.69, 9.17) is 4.74 Å². The number of ether oxygens (including phenoxy) is 1. The van der Waals surface area contributed by atoms with Crippen molar-refractivity contribution in [2.45, 2.75) is 65.4 Å². The van der Waals surface area contributed by atoms with E-state index in [0.29, 0.717) is 23.3 Å². The number of rotatable bonds is 5. The number of hydrogen-bond acceptors (Lipinski definition) is 2. The van der Waals surface area contributed by atoms with Crippen molar-refractivity contribution >= 4 is 12.0 Å². The predicted octanol–water partition coefficient (Wildman–Crippen LogP) is 5.97. The van der Waals surface area contributed by atoms with Crippen molar-refractivity contribution in [3.63, 3.8) is 0 Å². The molecule has 2 nitrogen and oxygen atoms in total. The Kier molecular flexibility index (Phi) is 5.84. The largest absolute Gasteiger partial charge is 0.462 e. The Balaban J connectivity index is 1.62. The minimum atomic E-state index is -0.222. The highest BCUT2D eigenvalue weighted by Crippen LogP contribution is 2.49. The first-order valence-corrected chi connectivity index (χ1v) is 10.0. The van der Waals surface area contributed by atoms with Gasteiger partial charge in [0, 0.05) is 5.56 Å². The van der Waals surface area contributed by atoms with Crippen LogP contribution in [0.3, 0.4) is 0 Å². The third-order valence-electron chi connectivity index (χ3n) is 6.12. The minimum absolute atomic E-state index is 0.0429. The van der Waals surface area contributed by atoms with Crippen molar-refractivity contribution in [2.75, 3.05) is 0 Å². The van der Waals surface area contributed by atoms with Crippen LogP contribution in [0.15, 0.2) is 24.3 Å². The fourth-order valence-electron chi connectivity index (χ4n) is 4.40. The molecule has 5 unspecified atom stereocenters. The Morgan fingerprint density at radius 1 is 1.27 bits per heavy atom. The van der Waals surface area contributed by atoms with E-state index in [-0.39, 0.29) is 29.7 Å². The quantitative estimate of drug-likeness (QED) is 0.606. The number of benzene rings is 1. The summed E-state index contributed by atoms with van der Waals surface area (Å²) in [7, 11) is 0. The molecule has 5 atom stereocenters. The second kappa shape index (κ2) is 7.94. The smallest absolute Gasteiger partial charge is 0.309 e. The van der Waals surface area contributed by atoms with E-state index < -0.39 is 0 Å². The van der Waals surface area contributed by atoms with Crippen LogP contribution in [0, 0.1) is 29.5 Å². The topological polar surface area (TPSA) is 26.3 Å². The van der Waals surface area contributed by atoms with Gasteiger partial charge in [-0.05, 0) is 61.5 Å². The molecule has 0 amide bonds. The number of carbonyl (C=O) groups is 1. The van der Waals surface area contributed by atoms with E-state index >= 15 is 0 Å². The Morgan fingerprint density at radius 2 is 2.04 bits per heavy atom. The van der Waals surface area contributed by atoms with Gasteiger partial charge in [0.1, 0.15) is 11.9 Å². The standard InChI is InChI=1S/C23H31FO2/c1-5-6-16-8-9-17(12-21(16)24)19-13-20(19)23(25)26-22-11-15(4)7-10-18(22)14(2)3/h5-6,8-9,12,14-15,18-20,22H,7,10-11,13H2,1-4H3. The zero-order valence-electron chi connectivity index (χ0n) is 16.4. The molecule has 3 heteroatoms. The molecule has 142 valence electrons. The van der Waals surface area contributed by atoms with E-state index in [1.54, 1.807) is 18.2 Å². The molecule has 0 aliphatic heterocycles. The van der Waals surface area contributed by atoms with Gasteiger partial charge in [0.05, 0.1) is 5.92 Å². The average molecular weight is 358 g/mol. The van der Waals surface area contributed by atoms with Crippen molar-refractivity contribution < 1.29 is 13.9 Å². The summed E-state index contributed by atoms with van der Waals surface area (Å²) in [4.78, 5) is 12.7. The molecule has 3 rings (SSSR count). The normalized spacial score (nSPS) is 31.4. The molecule has 0 spiro atoms. The molecule has 26 heavy (non-hydrogen) atoms. The van der Waals surface area contributed by atoms with Gasteiger partial charge in [0.25, 0.3) is 0 Å². The van der Waals surface area contributed by atoms with Gasteiger partial charge in [-0.1, -0.05) is 51.5 Å². The molecule has 0 aromatic heterocycles. The van der Waals surface area contributed by atoms with E-state index in [1.165, 1.54) is 6.42 Å². The van der Waals surface area contributed by atoms with E-state index in [9.17, 15) is 9.18 Å². The highest BCUT2D eigenvalue weighted by Gasteiger charge is 2.47. The zero-order valence-corrected chi connectivity index (χ0v) is 16.4. The first kappa shape index (κ1) is 19.1. The van der Waals surface area contributed by atoms with Crippen molar-refractivity contribution in [3.05, 3.63) is 41.2 Å². The van der Waals surface area contributed by atoms with Gasteiger partial charge < -0.3 is 4.74 Å². The Bertz CT molecular complexity index is 679. The lowest BCUT2D eigenvalue weighted by molar-refractivity contribution is -0.157. The lowest BCUT2D eigenvalue weighted by Crippen LogP contribution is -2.36. The van der Waals surface area contributed by atoms with Crippen molar-refractivity contribution in [1.29, 1.82) is 0 Å². The SMILES string of the molecule is CC=Cc1ccc(C2CC2C(=O)OC2CC(C)CCC2C(C)C)cc1F. The van der Waals surface area contributed by atoms with Crippen LogP contribution >= 0.6 is 0 Å². The Labute approximate surface area is 156 Å². The molecule has 2 aliphatic rings. The van der Waals surface area contributed by atoms with Crippen LogP contribution in [0.2, 0.25) is 0 Å². The molecule has 1 aromatic rings. The van der Waals surface area contributed by atoms with Crippen LogP contribution in [0.5, 0.6) is 0 Å². The minimum Gasteiger partial charge on any atom is -0.462 e. The fourth-order valence-corrected chi connectivity index (χ4v) is 4.40. The summed E-state index contributed by atoms with van der Waals surface area (Å²) in [6.45, 7) is 8.55.